The second-order valence-electron chi connectivity index (χ2n) is 8.71. The molecular weight excluding hydrogens is 534 g/mol. The smallest absolute Gasteiger partial charge is 0.291 e. The Morgan fingerprint density at radius 2 is 2.05 bits per heavy atom. The van der Waals surface area contributed by atoms with E-state index in [0.29, 0.717) is 52.8 Å². The molecule has 194 valence electrons. The van der Waals surface area contributed by atoms with E-state index in [0.717, 1.165) is 23.5 Å². The summed E-state index contributed by atoms with van der Waals surface area (Å²) in [5, 5.41) is 7.98. The van der Waals surface area contributed by atoms with E-state index in [1.54, 1.807) is 21.2 Å². The predicted octanol–water partition coefficient (Wildman–Crippen LogP) is 3.54. The number of anilines is 2. The maximum atomic E-state index is 13.3. The van der Waals surface area contributed by atoms with Crippen LogP contribution in [0.5, 0.6) is 0 Å². The Kier molecular flexibility index (Phi) is 7.72. The van der Waals surface area contributed by atoms with Crippen molar-refractivity contribution in [2.24, 2.45) is 0 Å². The average Bonchev–Trinajstić information content (AvgIpc) is 3.65. The van der Waals surface area contributed by atoms with Crippen LogP contribution in [-0.2, 0) is 18.0 Å². The van der Waals surface area contributed by atoms with Gasteiger partial charge in [-0.15, -0.1) is 22.7 Å². The number of rotatable bonds is 8. The van der Waals surface area contributed by atoms with E-state index in [1.165, 1.54) is 33.6 Å². The molecule has 10 nitrogen and oxygen atoms in total. The van der Waals surface area contributed by atoms with Gasteiger partial charge in [0.2, 0.25) is 0 Å². The van der Waals surface area contributed by atoms with Crippen LogP contribution in [0.3, 0.4) is 0 Å². The number of ether oxygens (including phenoxy) is 1. The molecular formula is C24H26ClN7O3S2. The Hall–Kier alpha value is -3.03. The lowest BCUT2D eigenvalue weighted by Crippen LogP contribution is -2.40. The fraction of sp³-hybridized carbons (Fsp3) is 0.333. The summed E-state index contributed by atoms with van der Waals surface area (Å²) < 4.78 is 9.20. The largest absolute Gasteiger partial charge is 0.379 e. The summed E-state index contributed by atoms with van der Waals surface area (Å²) in [5.74, 6) is 0.255. The maximum Gasteiger partial charge on any atom is 0.291 e. The zero-order chi connectivity index (χ0) is 25.9. The van der Waals surface area contributed by atoms with Crippen molar-refractivity contribution >= 4 is 51.7 Å². The van der Waals surface area contributed by atoms with Crippen LogP contribution in [0.1, 0.15) is 14.5 Å². The van der Waals surface area contributed by atoms with Crippen molar-refractivity contribution in [2.45, 2.75) is 13.2 Å². The summed E-state index contributed by atoms with van der Waals surface area (Å²) in [6, 6.07) is 7.42. The van der Waals surface area contributed by atoms with Gasteiger partial charge in [-0.05, 0) is 18.2 Å². The van der Waals surface area contributed by atoms with E-state index < -0.39 is 0 Å². The quantitative estimate of drug-likeness (QED) is 0.350. The van der Waals surface area contributed by atoms with Crippen molar-refractivity contribution in [1.82, 2.24) is 24.2 Å². The molecule has 1 fully saturated rings. The number of thiazole rings is 1. The molecule has 1 N–H and O–H groups in total. The normalized spacial score (nSPS) is 14.1. The van der Waals surface area contributed by atoms with Crippen LogP contribution in [0, 0.1) is 0 Å². The Bertz CT molecular complexity index is 1440. The standard InChI is InChI=1S/C24H26ClN7O3S2/c1-29(2)19-9-16(13-31(23(19)33)15-30-5-7-35-8-6-30)18-10-22(27-11-17-3-4-21(25)37-17)32(28-18)24(34)20-12-26-14-36-20/h3-4,9-10,12-14,27H,5-8,11,15H2,1-2H3. The average molecular weight is 560 g/mol. The molecule has 5 heterocycles. The highest BCUT2D eigenvalue weighted by Crippen LogP contribution is 2.27. The lowest BCUT2D eigenvalue weighted by atomic mass is 10.2. The number of hydrogen-bond donors (Lipinski definition) is 1. The first-order valence-electron chi connectivity index (χ1n) is 11.6. The summed E-state index contributed by atoms with van der Waals surface area (Å²) >= 11 is 8.81. The first-order chi connectivity index (χ1) is 17.9. The van der Waals surface area contributed by atoms with Crippen LogP contribution in [0.4, 0.5) is 11.5 Å². The van der Waals surface area contributed by atoms with E-state index in [2.05, 4.69) is 20.3 Å². The minimum atomic E-state index is -0.282. The molecule has 4 aromatic rings. The van der Waals surface area contributed by atoms with Gasteiger partial charge in [0.05, 0.1) is 48.2 Å². The summed E-state index contributed by atoms with van der Waals surface area (Å²) in [4.78, 5) is 36.0. The molecule has 0 radical (unpaired) electrons. The number of aromatic nitrogens is 4. The predicted molar refractivity (Wildman–Crippen MR) is 147 cm³/mol. The highest BCUT2D eigenvalue weighted by molar-refractivity contribution is 7.16. The van der Waals surface area contributed by atoms with Crippen molar-refractivity contribution in [3.8, 4) is 11.3 Å². The number of carbonyl (C=O) groups is 1. The van der Waals surface area contributed by atoms with Gasteiger partial charge in [-0.25, -0.2) is 0 Å². The van der Waals surface area contributed by atoms with Gasteiger partial charge in [-0.1, -0.05) is 11.6 Å². The van der Waals surface area contributed by atoms with Crippen LogP contribution in [0.25, 0.3) is 11.3 Å². The minimum absolute atomic E-state index is 0.0895. The van der Waals surface area contributed by atoms with Crippen molar-refractivity contribution < 1.29 is 9.53 Å². The summed E-state index contributed by atoms with van der Waals surface area (Å²) in [6.07, 6.45) is 3.33. The number of morpholine rings is 1. The maximum absolute atomic E-state index is 13.3. The van der Waals surface area contributed by atoms with Crippen LogP contribution in [0.2, 0.25) is 4.34 Å². The Morgan fingerprint density at radius 1 is 1.24 bits per heavy atom. The van der Waals surface area contributed by atoms with Crippen molar-refractivity contribution in [2.75, 3.05) is 50.6 Å². The van der Waals surface area contributed by atoms with E-state index >= 15 is 0 Å². The molecule has 37 heavy (non-hydrogen) atoms. The van der Waals surface area contributed by atoms with Crippen molar-refractivity contribution in [1.29, 1.82) is 0 Å². The number of carbonyl (C=O) groups excluding carboxylic acids is 1. The second kappa shape index (κ2) is 11.2. The Balaban J connectivity index is 1.53. The second-order valence-corrected chi connectivity index (χ2v) is 11.4. The van der Waals surface area contributed by atoms with Gasteiger partial charge in [0.15, 0.2) is 0 Å². The molecule has 0 unspecified atom stereocenters. The number of thiophene rings is 1. The molecule has 5 rings (SSSR count). The fourth-order valence-corrected chi connectivity index (χ4v) is 5.57. The van der Waals surface area contributed by atoms with Gasteiger partial charge >= 0.3 is 0 Å². The molecule has 0 saturated carbocycles. The van der Waals surface area contributed by atoms with E-state index in [1.807, 2.05) is 38.4 Å². The monoisotopic (exact) mass is 559 g/mol. The number of nitrogens with one attached hydrogen (secondary N) is 1. The summed E-state index contributed by atoms with van der Waals surface area (Å²) in [6.45, 7) is 3.73. The molecule has 1 saturated heterocycles. The van der Waals surface area contributed by atoms with Gasteiger partial charge in [0.1, 0.15) is 16.4 Å². The zero-order valence-corrected chi connectivity index (χ0v) is 22.8. The van der Waals surface area contributed by atoms with Gasteiger partial charge in [0.25, 0.3) is 11.5 Å². The highest BCUT2D eigenvalue weighted by atomic mass is 35.5. The molecule has 1 aliphatic rings. The summed E-state index contributed by atoms with van der Waals surface area (Å²) in [7, 11) is 3.68. The first-order valence-corrected chi connectivity index (χ1v) is 13.7. The Labute approximate surface area is 226 Å². The topological polar surface area (TPSA) is 97.5 Å². The van der Waals surface area contributed by atoms with Crippen LogP contribution in [-0.4, -0.2) is 70.5 Å². The zero-order valence-electron chi connectivity index (χ0n) is 20.4. The van der Waals surface area contributed by atoms with Gasteiger partial charge in [-0.3, -0.25) is 24.0 Å². The molecule has 0 bridgehead atoms. The third-order valence-corrected chi connectivity index (χ3v) is 7.91. The number of pyridine rings is 1. The minimum Gasteiger partial charge on any atom is -0.379 e. The van der Waals surface area contributed by atoms with Crippen LogP contribution >= 0.6 is 34.3 Å². The van der Waals surface area contributed by atoms with Gasteiger partial charge in [-0.2, -0.15) is 9.78 Å². The lowest BCUT2D eigenvalue weighted by Gasteiger charge is -2.27. The fourth-order valence-electron chi connectivity index (χ4n) is 4.00. The number of hydrogen-bond acceptors (Lipinski definition) is 10. The van der Waals surface area contributed by atoms with E-state index in [9.17, 15) is 9.59 Å². The molecule has 0 aliphatic carbocycles. The van der Waals surface area contributed by atoms with E-state index in [4.69, 9.17) is 16.3 Å². The van der Waals surface area contributed by atoms with Crippen molar-refractivity contribution in [3.05, 3.63) is 66.6 Å². The van der Waals surface area contributed by atoms with Crippen molar-refractivity contribution in [3.63, 3.8) is 0 Å². The van der Waals surface area contributed by atoms with Crippen LogP contribution < -0.4 is 15.8 Å². The number of nitrogens with zero attached hydrogens (tertiary/aromatic N) is 6. The van der Waals surface area contributed by atoms with E-state index in [-0.39, 0.29) is 11.5 Å². The highest BCUT2D eigenvalue weighted by Gasteiger charge is 2.21. The molecule has 0 aromatic carbocycles. The molecule has 1 aliphatic heterocycles. The van der Waals surface area contributed by atoms with Gasteiger partial charge < -0.3 is 15.0 Å². The first kappa shape index (κ1) is 25.6. The molecule has 0 spiro atoms. The summed E-state index contributed by atoms with van der Waals surface area (Å²) in [5.41, 5.74) is 3.37. The molecule has 0 amide bonds. The SMILES string of the molecule is CN(C)c1cc(-c2cc(NCc3ccc(Cl)s3)n(C(=O)c3cncs3)n2)cn(CN2CCOCC2)c1=O. The molecule has 4 aromatic heterocycles. The number of halogens is 1. The third kappa shape index (κ3) is 5.78. The third-order valence-electron chi connectivity index (χ3n) is 5.92. The molecule has 0 atom stereocenters. The Morgan fingerprint density at radius 3 is 2.73 bits per heavy atom. The van der Waals surface area contributed by atoms with Gasteiger partial charge in [0, 0.05) is 49.9 Å². The molecule has 13 heteroatoms. The van der Waals surface area contributed by atoms with Crippen LogP contribution in [0.15, 0.2) is 47.0 Å². The lowest BCUT2D eigenvalue weighted by molar-refractivity contribution is 0.0229.